The minimum Gasteiger partial charge on any atom is -0.381 e. The summed E-state index contributed by atoms with van der Waals surface area (Å²) in [5.41, 5.74) is 8.44. The van der Waals surface area contributed by atoms with Gasteiger partial charge in [-0.25, -0.2) is 4.68 Å². The minimum absolute atomic E-state index is 0.0413. The van der Waals surface area contributed by atoms with Gasteiger partial charge in [-0.3, -0.25) is 4.79 Å². The molecule has 0 aliphatic carbocycles. The number of rotatable bonds is 5. The van der Waals surface area contributed by atoms with Gasteiger partial charge in [0.15, 0.2) is 0 Å². The molecule has 3 aromatic rings. The van der Waals surface area contributed by atoms with Crippen molar-refractivity contribution >= 4 is 17.2 Å². The molecule has 2 aromatic heterocycles. The van der Waals surface area contributed by atoms with Crippen molar-refractivity contribution in [1.29, 1.82) is 0 Å². The summed E-state index contributed by atoms with van der Waals surface area (Å²) >= 11 is 1.64. The van der Waals surface area contributed by atoms with E-state index in [0.29, 0.717) is 32.6 Å². The number of para-hydroxylation sites is 1. The Bertz CT molecular complexity index is 931. The Morgan fingerprint density at radius 3 is 2.68 bits per heavy atom. The summed E-state index contributed by atoms with van der Waals surface area (Å²) in [6.45, 7) is 1.52. The first-order chi connectivity index (χ1) is 13.6. The van der Waals surface area contributed by atoms with Gasteiger partial charge < -0.3 is 15.4 Å². The monoisotopic (exact) mass is 396 g/mol. The Kier molecular flexibility index (Phi) is 5.30. The lowest BCUT2D eigenvalue weighted by Gasteiger charge is -2.35. The first-order valence-electron chi connectivity index (χ1n) is 9.37. The molecular weight excluding hydrogens is 372 g/mol. The average Bonchev–Trinajstić information content (AvgIpc) is 3.38. The smallest absolute Gasteiger partial charge is 0.242 e. The molecule has 1 aromatic carbocycles. The molecule has 4 rings (SSSR count). The van der Waals surface area contributed by atoms with Crippen molar-refractivity contribution in [1.82, 2.24) is 14.7 Å². The van der Waals surface area contributed by atoms with Gasteiger partial charge in [0.25, 0.3) is 0 Å². The Balaban J connectivity index is 1.63. The maximum atomic E-state index is 13.0. The van der Waals surface area contributed by atoms with Crippen molar-refractivity contribution in [2.24, 2.45) is 5.73 Å². The molecule has 146 valence electrons. The third kappa shape index (κ3) is 3.73. The zero-order valence-corrected chi connectivity index (χ0v) is 16.7. The predicted molar refractivity (Wildman–Crippen MR) is 110 cm³/mol. The number of carbonyl (C=O) groups is 1. The zero-order valence-electron chi connectivity index (χ0n) is 15.9. The lowest BCUT2D eigenvalue weighted by Crippen LogP contribution is -2.57. The first kappa shape index (κ1) is 18.9. The molecule has 0 unspecified atom stereocenters. The van der Waals surface area contributed by atoms with Crippen LogP contribution in [-0.4, -0.2) is 46.4 Å². The van der Waals surface area contributed by atoms with E-state index in [0.717, 1.165) is 21.8 Å². The molecule has 0 atom stereocenters. The van der Waals surface area contributed by atoms with Gasteiger partial charge in [-0.2, -0.15) is 5.10 Å². The number of aromatic nitrogens is 2. The second kappa shape index (κ2) is 7.87. The highest BCUT2D eigenvalue weighted by atomic mass is 32.1. The SMILES string of the molecule is CN(Cc1cn(-c2ccccc2)nc1-c1cccs1)C(=O)C1(N)CCOCC1. The Hall–Kier alpha value is -2.48. The average molecular weight is 397 g/mol. The highest BCUT2D eigenvalue weighted by Gasteiger charge is 2.38. The van der Waals surface area contributed by atoms with E-state index < -0.39 is 5.54 Å². The molecule has 0 spiro atoms. The topological polar surface area (TPSA) is 73.4 Å². The van der Waals surface area contributed by atoms with Crippen LogP contribution in [0.3, 0.4) is 0 Å². The number of hydrogen-bond acceptors (Lipinski definition) is 5. The van der Waals surface area contributed by atoms with Gasteiger partial charge in [-0.1, -0.05) is 24.3 Å². The summed E-state index contributed by atoms with van der Waals surface area (Å²) in [4.78, 5) is 15.8. The number of likely N-dealkylation sites (N-methyl/N-ethyl adjacent to an activating group) is 1. The Labute approximate surface area is 168 Å². The molecule has 0 saturated carbocycles. The molecule has 1 amide bonds. The van der Waals surface area contributed by atoms with Gasteiger partial charge in [0.2, 0.25) is 5.91 Å². The quantitative estimate of drug-likeness (QED) is 0.719. The number of carbonyl (C=O) groups excluding carboxylic acids is 1. The summed E-state index contributed by atoms with van der Waals surface area (Å²) in [5, 5.41) is 6.84. The number of nitrogens with two attached hydrogens (primary N) is 1. The lowest BCUT2D eigenvalue weighted by molar-refractivity contribution is -0.139. The normalized spacial score (nSPS) is 16.1. The number of thiophene rings is 1. The largest absolute Gasteiger partial charge is 0.381 e. The third-order valence-electron chi connectivity index (χ3n) is 5.13. The minimum atomic E-state index is -0.842. The van der Waals surface area contributed by atoms with Gasteiger partial charge in [0.05, 0.1) is 16.1 Å². The van der Waals surface area contributed by atoms with Crippen LogP contribution in [0.1, 0.15) is 18.4 Å². The number of hydrogen-bond donors (Lipinski definition) is 1. The van der Waals surface area contributed by atoms with E-state index in [1.807, 2.05) is 59.7 Å². The molecule has 2 N–H and O–H groups in total. The van der Waals surface area contributed by atoms with Crippen LogP contribution in [0.25, 0.3) is 16.3 Å². The number of amides is 1. The van der Waals surface area contributed by atoms with E-state index in [9.17, 15) is 4.79 Å². The summed E-state index contributed by atoms with van der Waals surface area (Å²) < 4.78 is 7.24. The maximum absolute atomic E-state index is 13.0. The van der Waals surface area contributed by atoms with Crippen LogP contribution >= 0.6 is 11.3 Å². The van der Waals surface area contributed by atoms with E-state index in [2.05, 4.69) is 6.07 Å². The van der Waals surface area contributed by atoms with Crippen molar-refractivity contribution in [3.63, 3.8) is 0 Å². The standard InChI is InChI=1S/C21H24N4O2S/c1-24(20(26)21(22)9-11-27-12-10-21)14-16-15-25(17-6-3-2-4-7-17)23-19(16)18-8-5-13-28-18/h2-8,13,15H,9-12,14,22H2,1H3. The first-order valence-corrected chi connectivity index (χ1v) is 10.2. The molecule has 0 radical (unpaired) electrons. The van der Waals surface area contributed by atoms with Crippen molar-refractivity contribution in [3.8, 4) is 16.3 Å². The predicted octanol–water partition coefficient (Wildman–Crippen LogP) is 3.07. The van der Waals surface area contributed by atoms with Gasteiger partial charge in [0.1, 0.15) is 5.69 Å². The van der Waals surface area contributed by atoms with Crippen molar-refractivity contribution in [3.05, 3.63) is 59.6 Å². The van der Waals surface area contributed by atoms with E-state index in [1.54, 1.807) is 16.2 Å². The van der Waals surface area contributed by atoms with Gasteiger partial charge in [-0.15, -0.1) is 11.3 Å². The Morgan fingerprint density at radius 1 is 1.25 bits per heavy atom. The van der Waals surface area contributed by atoms with E-state index in [4.69, 9.17) is 15.6 Å². The zero-order chi connectivity index (χ0) is 19.6. The fourth-order valence-corrected chi connectivity index (χ4v) is 4.26. The van der Waals surface area contributed by atoms with E-state index in [-0.39, 0.29) is 5.91 Å². The number of nitrogens with zero attached hydrogens (tertiary/aromatic N) is 3. The molecule has 3 heterocycles. The highest BCUT2D eigenvalue weighted by molar-refractivity contribution is 7.13. The summed E-state index contributed by atoms with van der Waals surface area (Å²) in [6, 6.07) is 14.0. The van der Waals surface area contributed by atoms with Crippen molar-refractivity contribution in [2.45, 2.75) is 24.9 Å². The van der Waals surface area contributed by atoms with Crippen LogP contribution in [0.2, 0.25) is 0 Å². The fourth-order valence-electron chi connectivity index (χ4n) is 3.52. The number of benzene rings is 1. The number of ether oxygens (including phenoxy) is 1. The van der Waals surface area contributed by atoms with E-state index in [1.165, 1.54) is 0 Å². The molecule has 1 aliphatic rings. The van der Waals surface area contributed by atoms with Crippen LogP contribution in [0.4, 0.5) is 0 Å². The maximum Gasteiger partial charge on any atom is 0.242 e. The molecule has 0 bridgehead atoms. The second-order valence-corrected chi connectivity index (χ2v) is 8.14. The van der Waals surface area contributed by atoms with Crippen LogP contribution in [0.15, 0.2) is 54.0 Å². The summed E-state index contributed by atoms with van der Waals surface area (Å²) in [7, 11) is 1.81. The summed E-state index contributed by atoms with van der Waals surface area (Å²) in [5.74, 6) is -0.0413. The summed E-state index contributed by atoms with van der Waals surface area (Å²) in [6.07, 6.45) is 3.11. The van der Waals surface area contributed by atoms with Crippen LogP contribution in [-0.2, 0) is 16.1 Å². The Morgan fingerprint density at radius 2 is 2.00 bits per heavy atom. The molecule has 7 heteroatoms. The molecule has 6 nitrogen and oxygen atoms in total. The van der Waals surface area contributed by atoms with Crippen molar-refractivity contribution in [2.75, 3.05) is 20.3 Å². The van der Waals surface area contributed by atoms with Crippen LogP contribution < -0.4 is 5.73 Å². The molecular formula is C21H24N4O2S. The van der Waals surface area contributed by atoms with E-state index >= 15 is 0 Å². The van der Waals surface area contributed by atoms with Gasteiger partial charge in [-0.05, 0) is 36.4 Å². The third-order valence-corrected chi connectivity index (χ3v) is 6.01. The molecule has 28 heavy (non-hydrogen) atoms. The lowest BCUT2D eigenvalue weighted by atomic mass is 9.89. The van der Waals surface area contributed by atoms with Crippen LogP contribution in [0.5, 0.6) is 0 Å². The second-order valence-electron chi connectivity index (χ2n) is 7.19. The molecule has 1 aliphatic heterocycles. The highest BCUT2D eigenvalue weighted by Crippen LogP contribution is 2.29. The molecule has 1 saturated heterocycles. The van der Waals surface area contributed by atoms with Crippen LogP contribution in [0, 0.1) is 0 Å². The van der Waals surface area contributed by atoms with Gasteiger partial charge in [0, 0.05) is 38.6 Å². The van der Waals surface area contributed by atoms with Gasteiger partial charge >= 0.3 is 0 Å². The molecule has 1 fully saturated rings. The fraction of sp³-hybridized carbons (Fsp3) is 0.333. The van der Waals surface area contributed by atoms with Crippen molar-refractivity contribution < 1.29 is 9.53 Å².